The van der Waals surface area contributed by atoms with Crippen LogP contribution in [0.4, 0.5) is 0 Å². The van der Waals surface area contributed by atoms with Gasteiger partial charge in [0.2, 0.25) is 0 Å². The van der Waals surface area contributed by atoms with Gasteiger partial charge in [-0.3, -0.25) is 0 Å². The summed E-state index contributed by atoms with van der Waals surface area (Å²) < 4.78 is 0. The van der Waals surface area contributed by atoms with Crippen molar-refractivity contribution in [1.82, 2.24) is 0 Å². The first-order valence-electron chi connectivity index (χ1n) is 6.63. The fraction of sp³-hybridized carbons (Fsp3) is 0.0526. The van der Waals surface area contributed by atoms with Gasteiger partial charge in [-0.1, -0.05) is 67.2 Å². The quantitative estimate of drug-likeness (QED) is 0.516. The molecule has 1 aliphatic rings. The number of hydrogen-bond donors (Lipinski definition) is 0. The number of benzene rings is 3. The maximum atomic E-state index is 4.30. The molecule has 19 heavy (non-hydrogen) atoms. The van der Waals surface area contributed by atoms with E-state index >= 15 is 0 Å². The Morgan fingerprint density at radius 1 is 0.737 bits per heavy atom. The fourth-order valence-electron chi connectivity index (χ4n) is 3.13. The summed E-state index contributed by atoms with van der Waals surface area (Å²) in [6.07, 6.45) is 0.956. The van der Waals surface area contributed by atoms with Crippen molar-refractivity contribution in [1.29, 1.82) is 0 Å². The summed E-state index contributed by atoms with van der Waals surface area (Å²) in [4.78, 5) is 0. The number of allylic oxidation sites excluding steroid dienone is 1. The van der Waals surface area contributed by atoms with E-state index in [4.69, 9.17) is 0 Å². The zero-order chi connectivity index (χ0) is 12.8. The van der Waals surface area contributed by atoms with Crippen molar-refractivity contribution in [2.75, 3.05) is 0 Å². The van der Waals surface area contributed by atoms with Gasteiger partial charge in [-0.05, 0) is 45.0 Å². The molecule has 0 saturated heterocycles. The van der Waals surface area contributed by atoms with E-state index in [1.54, 1.807) is 0 Å². The molecule has 0 N–H and O–H groups in total. The lowest BCUT2D eigenvalue weighted by molar-refractivity contribution is 1.26. The minimum Gasteiger partial charge on any atom is -0.0949 e. The first kappa shape index (κ1) is 10.6. The summed E-state index contributed by atoms with van der Waals surface area (Å²) in [5, 5.41) is 2.61. The molecule has 0 heterocycles. The molecule has 0 fully saturated rings. The van der Waals surface area contributed by atoms with E-state index in [0.29, 0.717) is 0 Å². The van der Waals surface area contributed by atoms with Gasteiger partial charge in [-0.25, -0.2) is 0 Å². The molecule has 0 atom stereocenters. The van der Waals surface area contributed by atoms with E-state index in [9.17, 15) is 0 Å². The monoisotopic (exact) mass is 242 g/mol. The Hall–Kier alpha value is -2.34. The van der Waals surface area contributed by atoms with Crippen LogP contribution in [0.2, 0.25) is 0 Å². The lowest BCUT2D eigenvalue weighted by atomic mass is 9.81. The third-order valence-electron chi connectivity index (χ3n) is 3.99. The second kappa shape index (κ2) is 3.83. The smallest absolute Gasteiger partial charge is 0.00191 e. The summed E-state index contributed by atoms with van der Waals surface area (Å²) in [5.74, 6) is 0. The highest BCUT2D eigenvalue weighted by molar-refractivity contribution is 6.02. The molecule has 0 heteroatoms. The summed E-state index contributed by atoms with van der Waals surface area (Å²) >= 11 is 0. The molecule has 0 spiro atoms. The average molecular weight is 242 g/mol. The van der Waals surface area contributed by atoms with Gasteiger partial charge in [-0.2, -0.15) is 0 Å². The van der Waals surface area contributed by atoms with Crippen LogP contribution in [0, 0.1) is 0 Å². The topological polar surface area (TPSA) is 0 Å². The standard InChI is InChI=1S/C19H14/c1-13-12-15-7-3-4-8-16(15)18-11-10-14-6-2-5-9-17(14)19(13)18/h2-11H,1,12H2. The largest absolute Gasteiger partial charge is 0.0949 e. The maximum absolute atomic E-state index is 4.30. The van der Waals surface area contributed by atoms with Gasteiger partial charge < -0.3 is 0 Å². The Morgan fingerprint density at radius 3 is 2.47 bits per heavy atom. The molecule has 0 unspecified atom stereocenters. The van der Waals surface area contributed by atoms with E-state index in [1.165, 1.54) is 38.6 Å². The first-order chi connectivity index (χ1) is 9.34. The molecule has 0 nitrogen and oxygen atoms in total. The van der Waals surface area contributed by atoms with Gasteiger partial charge in [0.25, 0.3) is 0 Å². The molecule has 0 amide bonds. The van der Waals surface area contributed by atoms with Crippen LogP contribution in [0.3, 0.4) is 0 Å². The molecule has 90 valence electrons. The fourth-order valence-corrected chi connectivity index (χ4v) is 3.13. The zero-order valence-electron chi connectivity index (χ0n) is 10.7. The molecule has 3 aromatic rings. The third kappa shape index (κ3) is 1.47. The van der Waals surface area contributed by atoms with Crippen molar-refractivity contribution < 1.29 is 0 Å². The van der Waals surface area contributed by atoms with Gasteiger partial charge in [0, 0.05) is 0 Å². The predicted octanol–water partition coefficient (Wildman–Crippen LogP) is 5.08. The predicted molar refractivity (Wildman–Crippen MR) is 82.1 cm³/mol. The van der Waals surface area contributed by atoms with Crippen LogP contribution >= 0.6 is 0 Å². The summed E-state index contributed by atoms with van der Waals surface area (Å²) in [5.41, 5.74) is 6.62. The van der Waals surface area contributed by atoms with Crippen molar-refractivity contribution in [3.8, 4) is 11.1 Å². The first-order valence-corrected chi connectivity index (χ1v) is 6.63. The highest BCUT2D eigenvalue weighted by atomic mass is 14.2. The van der Waals surface area contributed by atoms with E-state index in [-0.39, 0.29) is 0 Å². The van der Waals surface area contributed by atoms with E-state index < -0.39 is 0 Å². The Bertz CT molecular complexity index is 809. The van der Waals surface area contributed by atoms with E-state index in [1.807, 2.05) is 0 Å². The van der Waals surface area contributed by atoms with E-state index in [2.05, 4.69) is 67.2 Å². The molecule has 3 aromatic carbocycles. The molecule has 4 rings (SSSR count). The minimum atomic E-state index is 0.956. The Balaban J connectivity index is 2.15. The Morgan fingerprint density at radius 2 is 1.53 bits per heavy atom. The van der Waals surface area contributed by atoms with Gasteiger partial charge in [0.1, 0.15) is 0 Å². The van der Waals surface area contributed by atoms with Crippen LogP contribution in [-0.2, 0) is 6.42 Å². The normalized spacial score (nSPS) is 13.2. The van der Waals surface area contributed by atoms with Crippen LogP contribution in [0.5, 0.6) is 0 Å². The second-order valence-electron chi connectivity index (χ2n) is 5.15. The summed E-state index contributed by atoms with van der Waals surface area (Å²) in [6, 6.07) is 21.7. The van der Waals surface area contributed by atoms with Gasteiger partial charge >= 0.3 is 0 Å². The van der Waals surface area contributed by atoms with Crippen LogP contribution in [0.25, 0.3) is 27.5 Å². The summed E-state index contributed by atoms with van der Waals surface area (Å²) in [6.45, 7) is 4.30. The summed E-state index contributed by atoms with van der Waals surface area (Å²) in [7, 11) is 0. The van der Waals surface area contributed by atoms with Crippen LogP contribution in [-0.4, -0.2) is 0 Å². The lowest BCUT2D eigenvalue weighted by Crippen LogP contribution is -2.02. The van der Waals surface area contributed by atoms with E-state index in [0.717, 1.165) is 6.42 Å². The Kier molecular flexibility index (Phi) is 2.13. The minimum absolute atomic E-state index is 0.956. The van der Waals surface area contributed by atoms with Crippen molar-refractivity contribution >= 4 is 16.3 Å². The maximum Gasteiger partial charge on any atom is -0.00191 e. The third-order valence-corrected chi connectivity index (χ3v) is 3.99. The van der Waals surface area contributed by atoms with Crippen molar-refractivity contribution in [3.63, 3.8) is 0 Å². The number of rotatable bonds is 0. The number of fused-ring (bicyclic) bond motifs is 5. The SMILES string of the molecule is C=C1Cc2ccccc2-c2ccc3ccccc3c21. The second-order valence-corrected chi connectivity index (χ2v) is 5.15. The Labute approximate surface area is 113 Å². The van der Waals surface area contributed by atoms with Gasteiger partial charge in [-0.15, -0.1) is 0 Å². The van der Waals surface area contributed by atoms with Crippen LogP contribution in [0.1, 0.15) is 11.1 Å². The number of hydrogen-bond acceptors (Lipinski definition) is 0. The molecule has 0 radical (unpaired) electrons. The highest BCUT2D eigenvalue weighted by Crippen LogP contribution is 2.41. The molecular weight excluding hydrogens is 228 g/mol. The molecule has 0 aliphatic heterocycles. The van der Waals surface area contributed by atoms with Gasteiger partial charge in [0.05, 0.1) is 0 Å². The van der Waals surface area contributed by atoms with Crippen molar-refractivity contribution in [2.45, 2.75) is 6.42 Å². The zero-order valence-corrected chi connectivity index (χ0v) is 10.7. The highest BCUT2D eigenvalue weighted by Gasteiger charge is 2.19. The van der Waals surface area contributed by atoms with Crippen LogP contribution in [0.15, 0.2) is 67.2 Å². The molecule has 0 bridgehead atoms. The van der Waals surface area contributed by atoms with Crippen molar-refractivity contribution in [3.05, 3.63) is 78.4 Å². The van der Waals surface area contributed by atoms with Crippen molar-refractivity contribution in [2.24, 2.45) is 0 Å². The van der Waals surface area contributed by atoms with Crippen LogP contribution < -0.4 is 0 Å². The lowest BCUT2D eigenvalue weighted by Gasteiger charge is -2.23. The molecule has 0 aromatic heterocycles. The molecular formula is C19H14. The average Bonchev–Trinajstić information content (AvgIpc) is 2.46. The molecule has 1 aliphatic carbocycles. The van der Waals surface area contributed by atoms with Gasteiger partial charge in [0.15, 0.2) is 0 Å². The molecule has 0 saturated carbocycles.